The number of carbonyl (C=O) groups excluding carboxylic acids is 1. The Labute approximate surface area is 111 Å². The fraction of sp³-hybridized carbons (Fsp3) is 0.933. The molecule has 2 aliphatic rings. The molecule has 2 rings (SSSR count). The standard InChI is InChI=1S/C15H27NO2/c1-5-6-11-7-12-9-16(10-13(12)8-11)14(17)18-15(2,3)4/h11-13H,5-10H2,1-4H3/t11?,12-,13+. The van der Waals surface area contributed by atoms with Crippen molar-refractivity contribution in [2.75, 3.05) is 13.1 Å². The molecule has 1 aliphatic heterocycles. The van der Waals surface area contributed by atoms with Crippen molar-refractivity contribution >= 4 is 6.09 Å². The molecule has 3 heteroatoms. The van der Waals surface area contributed by atoms with E-state index in [-0.39, 0.29) is 11.7 Å². The number of ether oxygens (including phenoxy) is 1. The number of fused-ring (bicyclic) bond motifs is 1. The van der Waals surface area contributed by atoms with Gasteiger partial charge >= 0.3 is 6.09 Å². The van der Waals surface area contributed by atoms with E-state index in [1.807, 2.05) is 25.7 Å². The van der Waals surface area contributed by atoms with Gasteiger partial charge < -0.3 is 9.64 Å². The van der Waals surface area contributed by atoms with Crippen LogP contribution in [0.15, 0.2) is 0 Å². The van der Waals surface area contributed by atoms with Crippen molar-refractivity contribution in [2.45, 2.75) is 59.0 Å². The van der Waals surface area contributed by atoms with Crippen LogP contribution >= 0.6 is 0 Å². The fourth-order valence-corrected chi connectivity index (χ4v) is 3.54. The Bertz CT molecular complexity index is 294. The first-order valence-electron chi connectivity index (χ1n) is 7.37. The van der Waals surface area contributed by atoms with Crippen molar-refractivity contribution < 1.29 is 9.53 Å². The molecule has 1 heterocycles. The monoisotopic (exact) mass is 253 g/mol. The molecule has 2 fully saturated rings. The molecule has 0 aromatic rings. The molecule has 3 nitrogen and oxygen atoms in total. The van der Waals surface area contributed by atoms with Gasteiger partial charge in [0.25, 0.3) is 0 Å². The quantitative estimate of drug-likeness (QED) is 0.751. The van der Waals surface area contributed by atoms with Gasteiger partial charge in [-0.25, -0.2) is 4.79 Å². The average molecular weight is 253 g/mol. The minimum absolute atomic E-state index is 0.121. The molecule has 1 unspecified atom stereocenters. The second kappa shape index (κ2) is 5.10. The third-order valence-electron chi connectivity index (χ3n) is 4.20. The van der Waals surface area contributed by atoms with Crippen molar-refractivity contribution in [2.24, 2.45) is 17.8 Å². The van der Waals surface area contributed by atoms with Crippen LogP contribution in [-0.4, -0.2) is 29.7 Å². The highest BCUT2D eigenvalue weighted by atomic mass is 16.6. The Hall–Kier alpha value is -0.730. The molecular weight excluding hydrogens is 226 g/mol. The van der Waals surface area contributed by atoms with E-state index < -0.39 is 0 Å². The van der Waals surface area contributed by atoms with Crippen LogP contribution in [0.1, 0.15) is 53.4 Å². The second-order valence-corrected chi connectivity index (χ2v) is 7.03. The van der Waals surface area contributed by atoms with Crippen molar-refractivity contribution in [3.05, 3.63) is 0 Å². The summed E-state index contributed by atoms with van der Waals surface area (Å²) < 4.78 is 5.45. The van der Waals surface area contributed by atoms with Gasteiger partial charge in [-0.15, -0.1) is 0 Å². The maximum atomic E-state index is 12.0. The molecule has 0 spiro atoms. The summed E-state index contributed by atoms with van der Waals surface area (Å²) in [6.45, 7) is 9.89. The van der Waals surface area contributed by atoms with E-state index in [0.717, 1.165) is 30.8 Å². The van der Waals surface area contributed by atoms with Crippen LogP contribution in [0, 0.1) is 17.8 Å². The number of hydrogen-bond donors (Lipinski definition) is 0. The summed E-state index contributed by atoms with van der Waals surface area (Å²) in [5, 5.41) is 0. The summed E-state index contributed by atoms with van der Waals surface area (Å²) in [5.41, 5.74) is -0.375. The number of carbonyl (C=O) groups is 1. The van der Waals surface area contributed by atoms with Crippen LogP contribution in [0.3, 0.4) is 0 Å². The van der Waals surface area contributed by atoms with Gasteiger partial charge in [0.1, 0.15) is 5.60 Å². The molecule has 0 aromatic carbocycles. The lowest BCUT2D eigenvalue weighted by Crippen LogP contribution is -2.36. The average Bonchev–Trinajstić information content (AvgIpc) is 2.72. The van der Waals surface area contributed by atoms with Crippen LogP contribution in [0.25, 0.3) is 0 Å². The lowest BCUT2D eigenvalue weighted by atomic mass is 10.0. The molecular formula is C15H27NO2. The van der Waals surface area contributed by atoms with Crippen molar-refractivity contribution in [1.82, 2.24) is 4.90 Å². The second-order valence-electron chi connectivity index (χ2n) is 7.03. The van der Waals surface area contributed by atoms with Gasteiger partial charge in [-0.2, -0.15) is 0 Å². The van der Waals surface area contributed by atoms with Gasteiger partial charge in [0, 0.05) is 13.1 Å². The minimum atomic E-state index is -0.375. The van der Waals surface area contributed by atoms with E-state index in [4.69, 9.17) is 4.74 Å². The number of amides is 1. The predicted octanol–water partition coefficient (Wildman–Crippen LogP) is 3.68. The molecule has 104 valence electrons. The van der Waals surface area contributed by atoms with Crippen LogP contribution < -0.4 is 0 Å². The Morgan fingerprint density at radius 1 is 1.22 bits per heavy atom. The van der Waals surface area contributed by atoms with Crippen molar-refractivity contribution in [3.63, 3.8) is 0 Å². The highest BCUT2D eigenvalue weighted by molar-refractivity contribution is 5.68. The first-order valence-corrected chi connectivity index (χ1v) is 7.37. The molecule has 1 saturated heterocycles. The van der Waals surface area contributed by atoms with E-state index in [0.29, 0.717) is 0 Å². The fourth-order valence-electron chi connectivity index (χ4n) is 3.54. The smallest absolute Gasteiger partial charge is 0.410 e. The first kappa shape index (κ1) is 13.7. The van der Waals surface area contributed by atoms with Gasteiger partial charge in [-0.05, 0) is 51.4 Å². The summed E-state index contributed by atoms with van der Waals surface area (Å²) in [4.78, 5) is 13.9. The topological polar surface area (TPSA) is 29.5 Å². The van der Waals surface area contributed by atoms with Crippen molar-refractivity contribution in [1.29, 1.82) is 0 Å². The van der Waals surface area contributed by atoms with E-state index in [2.05, 4.69) is 6.92 Å². The van der Waals surface area contributed by atoms with E-state index >= 15 is 0 Å². The first-order chi connectivity index (χ1) is 8.39. The number of nitrogens with zero attached hydrogens (tertiary/aromatic N) is 1. The SMILES string of the molecule is CCCC1C[C@@H]2CN(C(=O)OC(C)(C)C)C[C@@H]2C1. The maximum absolute atomic E-state index is 12.0. The lowest BCUT2D eigenvalue weighted by molar-refractivity contribution is 0.0277. The Kier molecular flexibility index (Phi) is 3.88. The Balaban J connectivity index is 1.83. The third kappa shape index (κ3) is 3.18. The molecule has 3 atom stereocenters. The number of rotatable bonds is 2. The Morgan fingerprint density at radius 2 is 1.78 bits per heavy atom. The zero-order valence-electron chi connectivity index (χ0n) is 12.2. The molecule has 1 aliphatic carbocycles. The van der Waals surface area contributed by atoms with E-state index in [9.17, 15) is 4.79 Å². The summed E-state index contributed by atoms with van der Waals surface area (Å²) in [7, 11) is 0. The molecule has 0 bridgehead atoms. The zero-order valence-corrected chi connectivity index (χ0v) is 12.2. The molecule has 1 saturated carbocycles. The summed E-state index contributed by atoms with van der Waals surface area (Å²) in [6, 6.07) is 0. The van der Waals surface area contributed by atoms with Crippen LogP contribution in [0.5, 0.6) is 0 Å². The predicted molar refractivity (Wildman–Crippen MR) is 72.4 cm³/mol. The van der Waals surface area contributed by atoms with Gasteiger partial charge in [-0.3, -0.25) is 0 Å². The van der Waals surface area contributed by atoms with E-state index in [1.165, 1.54) is 25.7 Å². The molecule has 0 N–H and O–H groups in total. The number of hydrogen-bond acceptors (Lipinski definition) is 2. The third-order valence-corrected chi connectivity index (χ3v) is 4.20. The van der Waals surface area contributed by atoms with Crippen LogP contribution in [0.2, 0.25) is 0 Å². The normalized spacial score (nSPS) is 31.6. The largest absolute Gasteiger partial charge is 0.444 e. The molecule has 0 aromatic heterocycles. The van der Waals surface area contributed by atoms with Crippen LogP contribution in [0.4, 0.5) is 4.79 Å². The molecule has 18 heavy (non-hydrogen) atoms. The summed E-state index contributed by atoms with van der Waals surface area (Å²) in [5.74, 6) is 2.37. The van der Waals surface area contributed by atoms with Gasteiger partial charge in [0.05, 0.1) is 0 Å². The zero-order chi connectivity index (χ0) is 13.3. The van der Waals surface area contributed by atoms with Gasteiger partial charge in [0.2, 0.25) is 0 Å². The van der Waals surface area contributed by atoms with E-state index in [1.54, 1.807) is 0 Å². The Morgan fingerprint density at radius 3 is 2.22 bits per heavy atom. The number of likely N-dealkylation sites (tertiary alicyclic amines) is 1. The summed E-state index contributed by atoms with van der Waals surface area (Å²) >= 11 is 0. The van der Waals surface area contributed by atoms with Crippen LogP contribution in [-0.2, 0) is 4.74 Å². The minimum Gasteiger partial charge on any atom is -0.444 e. The van der Waals surface area contributed by atoms with Crippen molar-refractivity contribution in [3.8, 4) is 0 Å². The van der Waals surface area contributed by atoms with Gasteiger partial charge in [0.15, 0.2) is 0 Å². The molecule has 0 radical (unpaired) electrons. The lowest BCUT2D eigenvalue weighted by Gasteiger charge is -2.25. The highest BCUT2D eigenvalue weighted by Gasteiger charge is 2.42. The molecule has 1 amide bonds. The maximum Gasteiger partial charge on any atom is 0.410 e. The highest BCUT2D eigenvalue weighted by Crippen LogP contribution is 2.43. The summed E-state index contributed by atoms with van der Waals surface area (Å²) in [6.07, 6.45) is 5.17. The van der Waals surface area contributed by atoms with Gasteiger partial charge in [-0.1, -0.05) is 19.8 Å².